The topological polar surface area (TPSA) is 69.1 Å². The standard InChI is InChI=1S/C10H8F2N4O/c11-7-2-1-3-8(12)9(7)10(17)16-4-6(5-16)14-15-13/h1-3,6H,4-5H2. The number of carbonyl (C=O) groups is 1. The Morgan fingerprint density at radius 3 is 2.53 bits per heavy atom. The molecule has 0 N–H and O–H groups in total. The lowest BCUT2D eigenvalue weighted by Gasteiger charge is -2.36. The second-order valence-electron chi connectivity index (χ2n) is 3.67. The van der Waals surface area contributed by atoms with Gasteiger partial charge in [-0.15, -0.1) is 0 Å². The number of nitrogens with zero attached hydrogens (tertiary/aromatic N) is 4. The molecule has 1 amide bonds. The highest BCUT2D eigenvalue weighted by molar-refractivity contribution is 5.95. The summed E-state index contributed by atoms with van der Waals surface area (Å²) in [5.74, 6) is -2.49. The van der Waals surface area contributed by atoms with E-state index in [2.05, 4.69) is 10.0 Å². The number of amides is 1. The zero-order chi connectivity index (χ0) is 12.4. The maximum absolute atomic E-state index is 13.3. The van der Waals surface area contributed by atoms with E-state index in [0.717, 1.165) is 12.1 Å². The first-order valence-corrected chi connectivity index (χ1v) is 4.91. The summed E-state index contributed by atoms with van der Waals surface area (Å²) in [6, 6.07) is 2.95. The lowest BCUT2D eigenvalue weighted by atomic mass is 10.1. The largest absolute Gasteiger partial charge is 0.338 e. The second kappa shape index (κ2) is 4.39. The van der Waals surface area contributed by atoms with Crippen LogP contribution in [0.15, 0.2) is 23.3 Å². The average molecular weight is 238 g/mol. The van der Waals surface area contributed by atoms with E-state index in [9.17, 15) is 13.6 Å². The molecule has 88 valence electrons. The molecule has 0 unspecified atom stereocenters. The molecule has 1 fully saturated rings. The number of hydrogen-bond donors (Lipinski definition) is 0. The van der Waals surface area contributed by atoms with Crippen molar-refractivity contribution in [2.75, 3.05) is 13.1 Å². The van der Waals surface area contributed by atoms with Crippen LogP contribution in [0.2, 0.25) is 0 Å². The molecule has 0 radical (unpaired) electrons. The lowest BCUT2D eigenvalue weighted by molar-refractivity contribution is 0.0598. The van der Waals surface area contributed by atoms with E-state index in [4.69, 9.17) is 5.53 Å². The second-order valence-corrected chi connectivity index (χ2v) is 3.67. The third kappa shape index (κ3) is 2.05. The summed E-state index contributed by atoms with van der Waals surface area (Å²) in [6.07, 6.45) is 0. The van der Waals surface area contributed by atoms with Gasteiger partial charge in [0.15, 0.2) is 0 Å². The molecule has 1 aromatic rings. The van der Waals surface area contributed by atoms with Crippen LogP contribution < -0.4 is 0 Å². The molecule has 1 aliphatic rings. The maximum Gasteiger partial charge on any atom is 0.259 e. The molecule has 17 heavy (non-hydrogen) atoms. The first-order valence-electron chi connectivity index (χ1n) is 4.91. The van der Waals surface area contributed by atoms with Gasteiger partial charge in [-0.05, 0) is 17.7 Å². The summed E-state index contributed by atoms with van der Waals surface area (Å²) in [5.41, 5.74) is 7.60. The van der Waals surface area contributed by atoms with Gasteiger partial charge in [-0.25, -0.2) is 8.78 Å². The van der Waals surface area contributed by atoms with E-state index in [1.165, 1.54) is 11.0 Å². The van der Waals surface area contributed by atoms with Gasteiger partial charge < -0.3 is 4.90 Å². The average Bonchev–Trinajstić information content (AvgIpc) is 2.22. The smallest absolute Gasteiger partial charge is 0.259 e. The van der Waals surface area contributed by atoms with Crippen LogP contribution in [0.25, 0.3) is 10.4 Å². The zero-order valence-corrected chi connectivity index (χ0v) is 8.68. The molecule has 0 atom stereocenters. The maximum atomic E-state index is 13.3. The minimum atomic E-state index is -0.887. The molecule has 0 bridgehead atoms. The molecular weight excluding hydrogens is 230 g/mol. The fourth-order valence-corrected chi connectivity index (χ4v) is 1.63. The Balaban J connectivity index is 2.14. The molecule has 1 aromatic carbocycles. The fraction of sp³-hybridized carbons (Fsp3) is 0.300. The molecule has 1 heterocycles. The molecule has 0 aromatic heterocycles. The van der Waals surface area contributed by atoms with E-state index in [0.29, 0.717) is 0 Å². The number of hydrogen-bond acceptors (Lipinski definition) is 2. The van der Waals surface area contributed by atoms with Gasteiger partial charge in [0.25, 0.3) is 5.91 Å². The summed E-state index contributed by atoms with van der Waals surface area (Å²) in [7, 11) is 0. The summed E-state index contributed by atoms with van der Waals surface area (Å²) in [6.45, 7) is 0.382. The van der Waals surface area contributed by atoms with Crippen LogP contribution in [0.1, 0.15) is 10.4 Å². The van der Waals surface area contributed by atoms with Gasteiger partial charge in [0.1, 0.15) is 17.2 Å². The van der Waals surface area contributed by atoms with Crippen molar-refractivity contribution in [2.24, 2.45) is 5.11 Å². The first-order chi connectivity index (χ1) is 8.13. The van der Waals surface area contributed by atoms with Crippen molar-refractivity contribution >= 4 is 5.91 Å². The highest BCUT2D eigenvalue weighted by atomic mass is 19.1. The third-order valence-corrected chi connectivity index (χ3v) is 2.54. The van der Waals surface area contributed by atoms with Crippen molar-refractivity contribution in [1.29, 1.82) is 0 Å². The Labute approximate surface area is 95.3 Å². The molecule has 7 heteroatoms. The van der Waals surface area contributed by atoms with Gasteiger partial charge in [-0.3, -0.25) is 4.79 Å². The molecule has 1 aliphatic heterocycles. The SMILES string of the molecule is [N-]=[N+]=NC1CN(C(=O)c2c(F)cccc2F)C1. The van der Waals surface area contributed by atoms with Crippen molar-refractivity contribution in [1.82, 2.24) is 4.90 Å². The van der Waals surface area contributed by atoms with Crippen molar-refractivity contribution in [3.8, 4) is 0 Å². The molecule has 0 spiro atoms. The van der Waals surface area contributed by atoms with Gasteiger partial charge in [-0.1, -0.05) is 11.2 Å². The van der Waals surface area contributed by atoms with Gasteiger partial charge in [0, 0.05) is 18.0 Å². The molecular formula is C10H8F2N4O. The number of likely N-dealkylation sites (tertiary alicyclic amines) is 1. The van der Waals surface area contributed by atoms with Crippen LogP contribution in [-0.2, 0) is 0 Å². The zero-order valence-electron chi connectivity index (χ0n) is 8.68. The summed E-state index contributed by atoms with van der Waals surface area (Å²) >= 11 is 0. The number of rotatable bonds is 2. The summed E-state index contributed by atoms with van der Waals surface area (Å²) < 4.78 is 26.6. The van der Waals surface area contributed by atoms with E-state index in [-0.39, 0.29) is 19.1 Å². The van der Waals surface area contributed by atoms with Gasteiger partial charge in [0.05, 0.1) is 6.04 Å². The number of benzene rings is 1. The predicted molar refractivity (Wildman–Crippen MR) is 55.2 cm³/mol. The predicted octanol–water partition coefficient (Wildman–Crippen LogP) is 2.10. The molecule has 0 saturated carbocycles. The third-order valence-electron chi connectivity index (χ3n) is 2.54. The van der Waals surface area contributed by atoms with Crippen molar-refractivity contribution in [2.45, 2.75) is 6.04 Å². The Morgan fingerprint density at radius 1 is 1.41 bits per heavy atom. The Morgan fingerprint density at radius 2 is 2.00 bits per heavy atom. The van der Waals surface area contributed by atoms with E-state index in [1.807, 2.05) is 0 Å². The number of azide groups is 1. The molecule has 5 nitrogen and oxygen atoms in total. The molecule has 1 saturated heterocycles. The van der Waals surface area contributed by atoms with Gasteiger partial charge >= 0.3 is 0 Å². The van der Waals surface area contributed by atoms with Crippen molar-refractivity contribution in [3.05, 3.63) is 45.8 Å². The summed E-state index contributed by atoms with van der Waals surface area (Å²) in [5, 5.41) is 3.40. The highest BCUT2D eigenvalue weighted by Gasteiger charge is 2.32. The minimum Gasteiger partial charge on any atom is -0.338 e. The van der Waals surface area contributed by atoms with Gasteiger partial charge in [-0.2, -0.15) is 0 Å². The summed E-state index contributed by atoms with van der Waals surface area (Å²) in [4.78, 5) is 15.6. The van der Waals surface area contributed by atoms with Crippen LogP contribution in [0.3, 0.4) is 0 Å². The van der Waals surface area contributed by atoms with Crippen LogP contribution in [0.5, 0.6) is 0 Å². The van der Waals surface area contributed by atoms with Crippen LogP contribution in [0.4, 0.5) is 8.78 Å². The van der Waals surface area contributed by atoms with Crippen LogP contribution >= 0.6 is 0 Å². The van der Waals surface area contributed by atoms with E-state index in [1.54, 1.807) is 0 Å². The quantitative estimate of drug-likeness (QED) is 0.442. The Hall–Kier alpha value is -2.14. The Kier molecular flexibility index (Phi) is 2.93. The van der Waals surface area contributed by atoms with Gasteiger partial charge in [0.2, 0.25) is 0 Å². The molecule has 0 aliphatic carbocycles. The lowest BCUT2D eigenvalue weighted by Crippen LogP contribution is -2.52. The van der Waals surface area contributed by atoms with Crippen molar-refractivity contribution in [3.63, 3.8) is 0 Å². The number of halogens is 2. The minimum absolute atomic E-state index is 0.191. The Bertz CT molecular complexity index is 487. The van der Waals surface area contributed by atoms with Crippen LogP contribution in [0, 0.1) is 11.6 Å². The fourth-order valence-electron chi connectivity index (χ4n) is 1.63. The van der Waals surface area contributed by atoms with Crippen LogP contribution in [-0.4, -0.2) is 29.9 Å². The number of carbonyl (C=O) groups excluding carboxylic acids is 1. The van der Waals surface area contributed by atoms with E-state index < -0.39 is 23.1 Å². The van der Waals surface area contributed by atoms with E-state index >= 15 is 0 Å². The van der Waals surface area contributed by atoms with Crippen molar-refractivity contribution < 1.29 is 13.6 Å². The monoisotopic (exact) mass is 238 g/mol. The normalized spacial score (nSPS) is 15.1. The first kappa shape index (κ1) is 11.3. The highest BCUT2D eigenvalue weighted by Crippen LogP contribution is 2.19. The molecule has 2 rings (SSSR count).